The zero-order valence-electron chi connectivity index (χ0n) is 18.2. The maximum Gasteiger partial charge on any atom is 0.389 e. The number of halogens is 3. The molecule has 0 aliphatic rings. The van der Waals surface area contributed by atoms with Crippen LogP contribution in [0.5, 0.6) is 5.75 Å². The average Bonchev–Trinajstić information content (AvgIpc) is 2.79. The summed E-state index contributed by atoms with van der Waals surface area (Å²) >= 11 is 0. The molecule has 180 valence electrons. The molecular weight excluding hydrogens is 439 g/mol. The summed E-state index contributed by atoms with van der Waals surface area (Å²) in [5.74, 6) is 0.453. The summed E-state index contributed by atoms with van der Waals surface area (Å²) in [4.78, 5) is 13.0. The second-order valence-corrected chi connectivity index (χ2v) is 8.37. The molecule has 9 heteroatoms. The van der Waals surface area contributed by atoms with Crippen molar-refractivity contribution in [3.8, 4) is 5.75 Å². The Kier molecular flexibility index (Phi) is 7.99. The molecule has 1 aromatic heterocycles. The van der Waals surface area contributed by atoms with Gasteiger partial charge in [0.25, 0.3) is 0 Å². The van der Waals surface area contributed by atoms with Gasteiger partial charge in [0.15, 0.2) is 0 Å². The number of fused-ring (bicyclic) bond motifs is 2. The fourth-order valence-corrected chi connectivity index (χ4v) is 3.52. The highest BCUT2D eigenvalue weighted by Gasteiger charge is 2.25. The van der Waals surface area contributed by atoms with E-state index in [0.29, 0.717) is 53.4 Å². The number of unbranched alkanes of at least 4 members (excludes halogenated alkanes) is 2. The standard InChI is InChI=1S/C24H28F3NO5/c25-24(26,27)9-2-1-3-11-32-17-5-7-20-19(13-17)22(31)18-6-4-16(12-21(18)33-20)8-10-23(28,14-29)15-30/h4-7,12-13,29-30H,1-3,8-11,14-15,28H2. The molecule has 0 bridgehead atoms. The molecule has 0 fully saturated rings. The molecule has 0 aliphatic carbocycles. The molecule has 0 saturated carbocycles. The fraction of sp³-hybridized carbons (Fsp3) is 0.458. The van der Waals surface area contributed by atoms with Crippen LogP contribution in [0.3, 0.4) is 0 Å². The van der Waals surface area contributed by atoms with Crippen LogP contribution in [0.15, 0.2) is 45.6 Å². The third-order valence-corrected chi connectivity index (χ3v) is 5.62. The first kappa shape index (κ1) is 25.0. The monoisotopic (exact) mass is 467 g/mol. The lowest BCUT2D eigenvalue weighted by Crippen LogP contribution is -2.47. The van der Waals surface area contributed by atoms with Crippen molar-refractivity contribution in [3.05, 3.63) is 52.2 Å². The Hall–Kier alpha value is -2.62. The van der Waals surface area contributed by atoms with Crippen molar-refractivity contribution < 1.29 is 32.5 Å². The van der Waals surface area contributed by atoms with E-state index in [1.807, 2.05) is 0 Å². The van der Waals surface area contributed by atoms with Crippen molar-refractivity contribution in [2.45, 2.75) is 50.2 Å². The summed E-state index contributed by atoms with van der Waals surface area (Å²) in [7, 11) is 0. The van der Waals surface area contributed by atoms with E-state index in [0.717, 1.165) is 5.56 Å². The van der Waals surface area contributed by atoms with E-state index >= 15 is 0 Å². The van der Waals surface area contributed by atoms with Gasteiger partial charge in [-0.05, 0) is 68.0 Å². The van der Waals surface area contributed by atoms with Crippen LogP contribution in [0.25, 0.3) is 21.9 Å². The molecule has 1 heterocycles. The minimum atomic E-state index is -4.13. The lowest BCUT2D eigenvalue weighted by atomic mass is 9.93. The molecule has 0 amide bonds. The first-order chi connectivity index (χ1) is 15.6. The summed E-state index contributed by atoms with van der Waals surface area (Å²) in [6.45, 7) is -0.417. The van der Waals surface area contributed by atoms with Crippen LogP contribution in [0.1, 0.15) is 37.7 Å². The predicted molar refractivity (Wildman–Crippen MR) is 119 cm³/mol. The maximum atomic E-state index is 13.0. The number of ether oxygens (including phenoxy) is 1. The molecule has 0 saturated heterocycles. The lowest BCUT2D eigenvalue weighted by molar-refractivity contribution is -0.135. The van der Waals surface area contributed by atoms with E-state index in [9.17, 15) is 28.2 Å². The van der Waals surface area contributed by atoms with Gasteiger partial charge in [0.2, 0.25) is 5.43 Å². The normalized spacial score (nSPS) is 12.5. The average molecular weight is 467 g/mol. The van der Waals surface area contributed by atoms with Gasteiger partial charge in [-0.2, -0.15) is 13.2 Å². The van der Waals surface area contributed by atoms with Crippen molar-refractivity contribution in [1.29, 1.82) is 0 Å². The summed E-state index contributed by atoms with van der Waals surface area (Å²) in [6, 6.07) is 10.1. The third-order valence-electron chi connectivity index (χ3n) is 5.62. The van der Waals surface area contributed by atoms with Crippen LogP contribution in [0.4, 0.5) is 13.2 Å². The molecule has 0 atom stereocenters. The molecular formula is C24H28F3NO5. The minimum Gasteiger partial charge on any atom is -0.494 e. The van der Waals surface area contributed by atoms with Crippen molar-refractivity contribution in [2.75, 3.05) is 19.8 Å². The minimum absolute atomic E-state index is 0.0639. The maximum absolute atomic E-state index is 13.0. The topological polar surface area (TPSA) is 106 Å². The van der Waals surface area contributed by atoms with Crippen molar-refractivity contribution in [1.82, 2.24) is 0 Å². The number of benzene rings is 2. The molecule has 0 aliphatic heterocycles. The summed E-state index contributed by atoms with van der Waals surface area (Å²) in [5, 5.41) is 19.4. The molecule has 4 N–H and O–H groups in total. The second kappa shape index (κ2) is 10.5. The molecule has 3 aromatic rings. The van der Waals surface area contributed by atoms with Gasteiger partial charge in [0, 0.05) is 6.42 Å². The Balaban J connectivity index is 1.70. The highest BCUT2D eigenvalue weighted by Crippen LogP contribution is 2.25. The Bertz CT molecular complexity index is 1140. The van der Waals surface area contributed by atoms with Gasteiger partial charge < -0.3 is 25.1 Å². The van der Waals surface area contributed by atoms with Crippen LogP contribution in [0, 0.1) is 0 Å². The van der Waals surface area contributed by atoms with Crippen LogP contribution >= 0.6 is 0 Å². The Morgan fingerprint density at radius 3 is 2.36 bits per heavy atom. The Morgan fingerprint density at radius 2 is 1.67 bits per heavy atom. The highest BCUT2D eigenvalue weighted by molar-refractivity contribution is 5.90. The zero-order valence-corrected chi connectivity index (χ0v) is 18.2. The zero-order chi connectivity index (χ0) is 24.1. The largest absolute Gasteiger partial charge is 0.494 e. The van der Waals surface area contributed by atoms with Crippen LogP contribution in [0.2, 0.25) is 0 Å². The first-order valence-electron chi connectivity index (χ1n) is 10.8. The van der Waals surface area contributed by atoms with Crippen LogP contribution in [-0.4, -0.2) is 41.7 Å². The molecule has 0 spiro atoms. The van der Waals surface area contributed by atoms with Gasteiger partial charge >= 0.3 is 6.18 Å². The fourth-order valence-electron chi connectivity index (χ4n) is 3.52. The van der Waals surface area contributed by atoms with Gasteiger partial charge in [0.1, 0.15) is 16.9 Å². The van der Waals surface area contributed by atoms with Gasteiger partial charge in [0.05, 0.1) is 36.1 Å². The van der Waals surface area contributed by atoms with Crippen molar-refractivity contribution in [2.24, 2.45) is 5.73 Å². The lowest BCUT2D eigenvalue weighted by Gasteiger charge is -2.24. The van der Waals surface area contributed by atoms with E-state index in [1.165, 1.54) is 0 Å². The molecule has 3 rings (SSSR count). The van der Waals surface area contributed by atoms with Crippen molar-refractivity contribution >= 4 is 21.9 Å². The molecule has 0 radical (unpaired) electrons. The second-order valence-electron chi connectivity index (χ2n) is 8.37. The van der Waals surface area contributed by atoms with E-state index in [1.54, 1.807) is 36.4 Å². The predicted octanol–water partition coefficient (Wildman–Crippen LogP) is 4.06. The number of hydrogen-bond acceptors (Lipinski definition) is 6. The van der Waals surface area contributed by atoms with Gasteiger partial charge in [-0.1, -0.05) is 6.07 Å². The number of rotatable bonds is 11. The van der Waals surface area contributed by atoms with Crippen LogP contribution in [-0.2, 0) is 6.42 Å². The molecule has 33 heavy (non-hydrogen) atoms. The van der Waals surface area contributed by atoms with E-state index < -0.39 is 18.1 Å². The van der Waals surface area contributed by atoms with Gasteiger partial charge in [-0.25, -0.2) is 0 Å². The molecule has 0 unspecified atom stereocenters. The van der Waals surface area contributed by atoms with Crippen LogP contribution < -0.4 is 15.9 Å². The summed E-state index contributed by atoms with van der Waals surface area (Å²) in [6.07, 6.45) is -3.12. The smallest absolute Gasteiger partial charge is 0.389 e. The Morgan fingerprint density at radius 1 is 0.909 bits per heavy atom. The van der Waals surface area contributed by atoms with E-state index in [-0.39, 0.29) is 31.7 Å². The summed E-state index contributed by atoms with van der Waals surface area (Å²) in [5.41, 5.74) is 6.28. The van der Waals surface area contributed by atoms with Gasteiger partial charge in [-0.3, -0.25) is 4.79 Å². The third kappa shape index (κ3) is 6.69. The summed E-state index contributed by atoms with van der Waals surface area (Å²) < 4.78 is 48.0. The highest BCUT2D eigenvalue weighted by atomic mass is 19.4. The first-order valence-corrected chi connectivity index (χ1v) is 10.8. The van der Waals surface area contributed by atoms with E-state index in [4.69, 9.17) is 14.9 Å². The quantitative estimate of drug-likeness (QED) is 0.290. The van der Waals surface area contributed by atoms with Gasteiger partial charge in [-0.15, -0.1) is 0 Å². The number of alkyl halides is 3. The van der Waals surface area contributed by atoms with Crippen molar-refractivity contribution in [3.63, 3.8) is 0 Å². The number of aliphatic hydroxyl groups is 2. The van der Waals surface area contributed by atoms with E-state index in [2.05, 4.69) is 0 Å². The molecule has 6 nitrogen and oxygen atoms in total. The Labute approximate surface area is 188 Å². The number of aryl methyl sites for hydroxylation is 1. The number of hydrogen-bond donors (Lipinski definition) is 3. The number of aliphatic hydroxyl groups excluding tert-OH is 2. The SMILES string of the molecule is NC(CO)(CO)CCc1ccc2c(=O)c3cc(OCCCCCC(F)(F)F)ccc3oc2c1. The number of nitrogens with two attached hydrogens (primary N) is 1. The molecule has 2 aromatic carbocycles.